The molecule has 0 aliphatic heterocycles. The summed E-state index contributed by atoms with van der Waals surface area (Å²) < 4.78 is 13.0. The molecule has 0 unspecified atom stereocenters. The van der Waals surface area contributed by atoms with Crippen LogP contribution in [0.3, 0.4) is 0 Å². The fourth-order valence-electron chi connectivity index (χ4n) is 1.46. The largest absolute Gasteiger partial charge is 0.292 e. The molecule has 1 heterocycles. The first-order valence-corrected chi connectivity index (χ1v) is 5.70. The zero-order chi connectivity index (χ0) is 13.1. The number of ketones is 1. The van der Waals surface area contributed by atoms with Gasteiger partial charge in [-0.1, -0.05) is 17.7 Å². The molecule has 0 bridgehead atoms. The number of rotatable bonds is 3. The van der Waals surface area contributed by atoms with Crippen molar-refractivity contribution in [2.75, 3.05) is 0 Å². The van der Waals surface area contributed by atoms with Crippen LogP contribution in [0.5, 0.6) is 0 Å². The molecule has 2 rings (SSSR count). The van der Waals surface area contributed by atoms with Crippen molar-refractivity contribution in [3.63, 3.8) is 0 Å². The van der Waals surface area contributed by atoms with Gasteiger partial charge < -0.3 is 0 Å². The van der Waals surface area contributed by atoms with Gasteiger partial charge in [0.05, 0.1) is 16.9 Å². The number of nitrogens with zero attached hydrogens (tertiary/aromatic N) is 2. The third-order valence-corrected chi connectivity index (χ3v) is 2.70. The van der Waals surface area contributed by atoms with Crippen molar-refractivity contribution >= 4 is 17.4 Å². The van der Waals surface area contributed by atoms with Crippen LogP contribution in [0, 0.1) is 12.7 Å². The molecular weight excluding hydrogens is 255 g/mol. The van der Waals surface area contributed by atoms with Gasteiger partial charge in [0, 0.05) is 12.6 Å². The molecule has 0 aliphatic rings. The zero-order valence-electron chi connectivity index (χ0n) is 9.65. The minimum atomic E-state index is -0.497. The summed E-state index contributed by atoms with van der Waals surface area (Å²) in [6.45, 7) is 1.79. The van der Waals surface area contributed by atoms with Crippen molar-refractivity contribution in [3.05, 3.63) is 58.4 Å². The quantitative estimate of drug-likeness (QED) is 0.801. The summed E-state index contributed by atoms with van der Waals surface area (Å²) in [6, 6.07) is 4.21. The first kappa shape index (κ1) is 12.6. The molecule has 0 amide bonds. The van der Waals surface area contributed by atoms with Gasteiger partial charge in [0.1, 0.15) is 11.5 Å². The first-order chi connectivity index (χ1) is 8.56. The summed E-state index contributed by atoms with van der Waals surface area (Å²) in [5.41, 5.74) is 1.69. The van der Waals surface area contributed by atoms with E-state index in [1.54, 1.807) is 6.92 Å². The molecule has 0 radical (unpaired) electrons. The summed E-state index contributed by atoms with van der Waals surface area (Å²) >= 11 is 5.65. The Kier molecular flexibility index (Phi) is 3.67. The van der Waals surface area contributed by atoms with Gasteiger partial charge in [0.2, 0.25) is 0 Å². The monoisotopic (exact) mass is 264 g/mol. The van der Waals surface area contributed by atoms with Crippen molar-refractivity contribution in [1.29, 1.82) is 0 Å². The summed E-state index contributed by atoms with van der Waals surface area (Å²) in [6.07, 6.45) is 3.09. The Morgan fingerprint density at radius 2 is 2.11 bits per heavy atom. The predicted octanol–water partition coefficient (Wildman–Crippen LogP) is 3.00. The van der Waals surface area contributed by atoms with Crippen LogP contribution in [-0.2, 0) is 6.42 Å². The van der Waals surface area contributed by atoms with Crippen LogP contribution in [0.1, 0.15) is 21.7 Å². The lowest BCUT2D eigenvalue weighted by molar-refractivity contribution is 0.0988. The fourth-order valence-corrected chi connectivity index (χ4v) is 1.67. The maximum atomic E-state index is 13.0. The van der Waals surface area contributed by atoms with Gasteiger partial charge >= 0.3 is 0 Å². The fraction of sp³-hybridized carbons (Fsp3) is 0.154. The lowest BCUT2D eigenvalue weighted by Gasteiger charge is -2.02. The maximum absolute atomic E-state index is 13.0. The van der Waals surface area contributed by atoms with Gasteiger partial charge in [-0.3, -0.25) is 9.78 Å². The van der Waals surface area contributed by atoms with Crippen molar-refractivity contribution in [2.45, 2.75) is 13.3 Å². The number of hydrogen-bond acceptors (Lipinski definition) is 3. The van der Waals surface area contributed by atoms with E-state index in [4.69, 9.17) is 11.6 Å². The number of aromatic nitrogens is 2. The molecule has 2 aromatic rings. The highest BCUT2D eigenvalue weighted by Gasteiger charge is 2.10. The van der Waals surface area contributed by atoms with Crippen LogP contribution in [0.15, 0.2) is 30.6 Å². The van der Waals surface area contributed by atoms with Crippen molar-refractivity contribution in [2.24, 2.45) is 0 Å². The van der Waals surface area contributed by atoms with E-state index in [0.717, 1.165) is 5.69 Å². The number of aryl methyl sites for hydroxylation is 1. The Bertz CT molecular complexity index is 584. The van der Waals surface area contributed by atoms with Gasteiger partial charge in [0.15, 0.2) is 5.78 Å². The second-order valence-corrected chi connectivity index (χ2v) is 4.30. The van der Waals surface area contributed by atoms with Gasteiger partial charge in [-0.25, -0.2) is 9.37 Å². The third kappa shape index (κ3) is 2.90. The van der Waals surface area contributed by atoms with Crippen LogP contribution < -0.4 is 0 Å². The van der Waals surface area contributed by atoms with E-state index < -0.39 is 5.82 Å². The number of carbonyl (C=O) groups excluding carboxylic acids is 1. The molecule has 0 aliphatic carbocycles. The molecule has 1 aromatic heterocycles. The van der Waals surface area contributed by atoms with Crippen LogP contribution >= 0.6 is 11.6 Å². The van der Waals surface area contributed by atoms with Crippen molar-refractivity contribution in [1.82, 2.24) is 9.97 Å². The van der Waals surface area contributed by atoms with E-state index in [9.17, 15) is 9.18 Å². The van der Waals surface area contributed by atoms with E-state index in [-0.39, 0.29) is 17.2 Å². The zero-order valence-corrected chi connectivity index (χ0v) is 10.4. The molecule has 5 heteroatoms. The van der Waals surface area contributed by atoms with Crippen molar-refractivity contribution < 1.29 is 9.18 Å². The van der Waals surface area contributed by atoms with Crippen LogP contribution in [0.2, 0.25) is 5.02 Å². The number of benzene rings is 1. The average Bonchev–Trinajstić information content (AvgIpc) is 2.34. The average molecular weight is 265 g/mol. The lowest BCUT2D eigenvalue weighted by Crippen LogP contribution is -2.07. The molecule has 18 heavy (non-hydrogen) atoms. The number of Topliss-reactive ketones (excluding diaryl/α,β-unsaturated/α-hetero) is 1. The van der Waals surface area contributed by atoms with E-state index in [1.807, 2.05) is 0 Å². The Hall–Kier alpha value is -1.81. The molecule has 0 saturated carbocycles. The second kappa shape index (κ2) is 5.23. The molecular formula is C13H10ClFN2O. The molecule has 1 aromatic carbocycles. The van der Waals surface area contributed by atoms with Gasteiger partial charge in [-0.2, -0.15) is 0 Å². The second-order valence-electron chi connectivity index (χ2n) is 3.89. The van der Waals surface area contributed by atoms with E-state index >= 15 is 0 Å². The number of halogens is 2. The Morgan fingerprint density at radius 1 is 1.33 bits per heavy atom. The number of carbonyl (C=O) groups is 1. The topological polar surface area (TPSA) is 42.9 Å². The molecule has 92 valence electrons. The smallest absolute Gasteiger partial charge is 0.187 e. The Balaban J connectivity index is 2.16. The van der Waals surface area contributed by atoms with Gasteiger partial charge in [-0.15, -0.1) is 0 Å². The van der Waals surface area contributed by atoms with Crippen molar-refractivity contribution in [3.8, 4) is 0 Å². The molecule has 0 spiro atoms. The normalized spacial score (nSPS) is 10.4. The molecule has 0 atom stereocenters. The van der Waals surface area contributed by atoms with E-state index in [2.05, 4.69) is 9.97 Å². The molecule has 3 nitrogen and oxygen atoms in total. The number of hydrogen-bond donors (Lipinski definition) is 0. The summed E-state index contributed by atoms with van der Waals surface area (Å²) in [5, 5.41) is 0.00953. The van der Waals surface area contributed by atoms with Crippen LogP contribution in [-0.4, -0.2) is 15.8 Å². The minimum absolute atomic E-state index is 0.00953. The lowest BCUT2D eigenvalue weighted by atomic mass is 10.1. The molecule has 0 saturated heterocycles. The highest BCUT2D eigenvalue weighted by molar-refractivity contribution is 6.30. The molecule has 0 fully saturated rings. The molecule has 0 N–H and O–H groups in total. The predicted molar refractivity (Wildman–Crippen MR) is 66.2 cm³/mol. The van der Waals surface area contributed by atoms with Gasteiger partial charge in [-0.05, 0) is 24.6 Å². The standard InChI is InChI=1S/C13H10ClFN2O/c1-8-6-17-12(7-16-8)13(18)5-9-2-3-11(15)10(14)4-9/h2-4,6-7H,5H2,1H3. The minimum Gasteiger partial charge on any atom is -0.292 e. The summed E-state index contributed by atoms with van der Waals surface area (Å²) in [7, 11) is 0. The van der Waals surface area contributed by atoms with Crippen LogP contribution in [0.4, 0.5) is 4.39 Å². The summed E-state index contributed by atoms with van der Waals surface area (Å²) in [4.78, 5) is 19.9. The SMILES string of the molecule is Cc1cnc(C(=O)Cc2ccc(F)c(Cl)c2)cn1. The highest BCUT2D eigenvalue weighted by atomic mass is 35.5. The van der Waals surface area contributed by atoms with E-state index in [0.29, 0.717) is 11.3 Å². The van der Waals surface area contributed by atoms with E-state index in [1.165, 1.54) is 30.6 Å². The van der Waals surface area contributed by atoms with Gasteiger partial charge in [0.25, 0.3) is 0 Å². The Morgan fingerprint density at radius 3 is 2.72 bits per heavy atom. The van der Waals surface area contributed by atoms with Crippen LogP contribution in [0.25, 0.3) is 0 Å². The summed E-state index contributed by atoms with van der Waals surface area (Å²) in [5.74, 6) is -0.673. The first-order valence-electron chi connectivity index (χ1n) is 5.32. The Labute approximate surface area is 109 Å². The highest BCUT2D eigenvalue weighted by Crippen LogP contribution is 2.17. The maximum Gasteiger partial charge on any atom is 0.187 e. The third-order valence-electron chi connectivity index (χ3n) is 2.42.